The second kappa shape index (κ2) is 7.63. The van der Waals surface area contributed by atoms with Crippen LogP contribution < -0.4 is 5.32 Å². The number of rotatable bonds is 4. The Morgan fingerprint density at radius 1 is 1.28 bits per heavy atom. The van der Waals surface area contributed by atoms with Crippen molar-refractivity contribution in [3.05, 3.63) is 35.7 Å². The maximum atomic E-state index is 13.6. The van der Waals surface area contributed by atoms with Crippen LogP contribution in [0.3, 0.4) is 0 Å². The monoisotopic (exact) mass is 394 g/mol. The van der Waals surface area contributed by atoms with Gasteiger partial charge in [-0.05, 0) is 62.4 Å². The van der Waals surface area contributed by atoms with Crippen molar-refractivity contribution in [3.63, 3.8) is 0 Å². The van der Waals surface area contributed by atoms with Crippen molar-refractivity contribution in [1.29, 1.82) is 0 Å². The lowest BCUT2D eigenvalue weighted by molar-refractivity contribution is 0.0760. The molecule has 2 atom stereocenters. The van der Waals surface area contributed by atoms with E-state index in [-0.39, 0.29) is 5.91 Å². The van der Waals surface area contributed by atoms with Crippen LogP contribution in [-0.4, -0.2) is 47.1 Å². The number of carbonyl (C=O) groups is 1. The van der Waals surface area contributed by atoms with E-state index in [0.717, 1.165) is 62.9 Å². The second-order valence-corrected chi connectivity index (χ2v) is 8.14. The van der Waals surface area contributed by atoms with Gasteiger partial charge in [-0.15, -0.1) is 0 Å². The number of hydrogen-bond donors (Lipinski definition) is 1. The molecule has 0 radical (unpaired) electrons. The Balaban J connectivity index is 1.54. The Morgan fingerprint density at radius 3 is 2.76 bits per heavy atom. The van der Waals surface area contributed by atoms with Gasteiger partial charge in [0, 0.05) is 13.1 Å². The van der Waals surface area contributed by atoms with Gasteiger partial charge in [0.05, 0.1) is 22.9 Å². The lowest BCUT2D eigenvalue weighted by Crippen LogP contribution is -2.33. The number of likely N-dealkylation sites (tertiary alicyclic amines) is 1. The number of nitrogens with zero attached hydrogens (tertiary/aromatic N) is 3. The van der Waals surface area contributed by atoms with Gasteiger partial charge < -0.3 is 19.2 Å². The Hall–Kier alpha value is -2.67. The summed E-state index contributed by atoms with van der Waals surface area (Å²) in [6, 6.07) is 5.49. The molecule has 3 aromatic rings. The predicted octanol–water partition coefficient (Wildman–Crippen LogP) is 3.51. The minimum atomic E-state index is 0.0405. The van der Waals surface area contributed by atoms with Crippen molar-refractivity contribution in [1.82, 2.24) is 20.4 Å². The molecule has 0 spiro atoms. The highest BCUT2D eigenvalue weighted by molar-refractivity contribution is 6.07. The van der Waals surface area contributed by atoms with Gasteiger partial charge >= 0.3 is 0 Å². The Labute approximate surface area is 169 Å². The summed E-state index contributed by atoms with van der Waals surface area (Å²) >= 11 is 0. The number of amides is 1. The third-order valence-corrected chi connectivity index (χ3v) is 6.31. The minimum Gasteiger partial charge on any atom is -0.463 e. The van der Waals surface area contributed by atoms with Crippen LogP contribution >= 0.6 is 0 Å². The smallest absolute Gasteiger partial charge is 0.259 e. The van der Waals surface area contributed by atoms with Gasteiger partial charge in [-0.25, -0.2) is 4.98 Å². The Morgan fingerprint density at radius 2 is 2.07 bits per heavy atom. The van der Waals surface area contributed by atoms with Crippen LogP contribution in [0.5, 0.6) is 0 Å². The molecule has 1 amide bonds. The predicted molar refractivity (Wildman–Crippen MR) is 108 cm³/mol. The van der Waals surface area contributed by atoms with Crippen LogP contribution in [0.4, 0.5) is 0 Å². The van der Waals surface area contributed by atoms with E-state index < -0.39 is 0 Å². The van der Waals surface area contributed by atoms with Gasteiger partial charge in [0.15, 0.2) is 5.76 Å². The number of furan rings is 1. The number of aryl methyl sites for hydroxylation is 1. The number of aromatic nitrogens is 2. The van der Waals surface area contributed by atoms with E-state index in [4.69, 9.17) is 8.94 Å². The summed E-state index contributed by atoms with van der Waals surface area (Å²) in [5, 5.41) is 8.45. The highest BCUT2D eigenvalue weighted by atomic mass is 16.5. The van der Waals surface area contributed by atoms with E-state index in [1.165, 1.54) is 0 Å². The zero-order valence-electron chi connectivity index (χ0n) is 16.7. The van der Waals surface area contributed by atoms with E-state index >= 15 is 0 Å². The van der Waals surface area contributed by atoms with Crippen LogP contribution in [0.25, 0.3) is 22.6 Å². The molecule has 7 heteroatoms. The highest BCUT2D eigenvalue weighted by Crippen LogP contribution is 2.31. The molecule has 0 unspecified atom stereocenters. The van der Waals surface area contributed by atoms with E-state index in [1.54, 1.807) is 6.26 Å². The molecule has 29 heavy (non-hydrogen) atoms. The molecule has 2 fully saturated rings. The number of pyridine rings is 1. The highest BCUT2D eigenvalue weighted by Gasteiger charge is 2.33. The standard InChI is InChI=1S/C22H26N4O3/c1-2-4-17-20-16(11-18(19-5-3-10-28-19)24-21(20)29-25-17)22(27)26-8-6-14-12-23-13-15(14)7-9-26/h3,5,10-11,14-15,23H,2,4,6-9,12-13H2,1H3/t14-,15+. The molecule has 0 bridgehead atoms. The van der Waals surface area contributed by atoms with E-state index in [0.29, 0.717) is 34.6 Å². The van der Waals surface area contributed by atoms with Crippen LogP contribution in [0.15, 0.2) is 33.4 Å². The van der Waals surface area contributed by atoms with E-state index in [9.17, 15) is 4.79 Å². The molecule has 0 aliphatic carbocycles. The topological polar surface area (TPSA) is 84.4 Å². The fraction of sp³-hybridized carbons (Fsp3) is 0.500. The third-order valence-electron chi connectivity index (χ3n) is 6.31. The van der Waals surface area contributed by atoms with E-state index in [1.807, 2.05) is 23.1 Å². The first-order valence-electron chi connectivity index (χ1n) is 10.6. The molecule has 7 nitrogen and oxygen atoms in total. The zero-order valence-corrected chi connectivity index (χ0v) is 16.7. The summed E-state index contributed by atoms with van der Waals surface area (Å²) in [7, 11) is 0. The van der Waals surface area contributed by atoms with Gasteiger partial charge in [0.25, 0.3) is 11.6 Å². The van der Waals surface area contributed by atoms with Crippen LogP contribution in [0.1, 0.15) is 42.2 Å². The van der Waals surface area contributed by atoms with Gasteiger partial charge in [-0.3, -0.25) is 4.79 Å². The fourth-order valence-corrected chi connectivity index (χ4v) is 4.73. The summed E-state index contributed by atoms with van der Waals surface area (Å²) in [5.74, 6) is 2.01. The zero-order chi connectivity index (χ0) is 19.8. The first-order chi connectivity index (χ1) is 14.2. The molecule has 152 valence electrons. The molecule has 5 heterocycles. The Bertz CT molecular complexity index is 997. The lowest BCUT2D eigenvalue weighted by Gasteiger charge is -2.21. The van der Waals surface area contributed by atoms with Gasteiger partial charge in [0.1, 0.15) is 5.69 Å². The third kappa shape index (κ3) is 3.33. The van der Waals surface area contributed by atoms with Crippen LogP contribution in [0, 0.1) is 11.8 Å². The van der Waals surface area contributed by atoms with Crippen molar-refractivity contribution >= 4 is 17.0 Å². The van der Waals surface area contributed by atoms with Crippen molar-refractivity contribution in [2.75, 3.05) is 26.2 Å². The van der Waals surface area contributed by atoms with Crippen LogP contribution in [0.2, 0.25) is 0 Å². The maximum Gasteiger partial charge on any atom is 0.259 e. The maximum absolute atomic E-state index is 13.6. The van der Waals surface area contributed by atoms with Gasteiger partial charge in [-0.1, -0.05) is 18.5 Å². The molecule has 1 N–H and O–H groups in total. The van der Waals surface area contributed by atoms with Gasteiger partial charge in [0.2, 0.25) is 0 Å². The molecule has 2 aliphatic heterocycles. The average molecular weight is 394 g/mol. The van der Waals surface area contributed by atoms with E-state index in [2.05, 4.69) is 22.4 Å². The summed E-state index contributed by atoms with van der Waals surface area (Å²) in [4.78, 5) is 20.2. The summed E-state index contributed by atoms with van der Waals surface area (Å²) in [6.07, 6.45) is 5.38. The summed E-state index contributed by atoms with van der Waals surface area (Å²) < 4.78 is 11.0. The second-order valence-electron chi connectivity index (χ2n) is 8.14. The summed E-state index contributed by atoms with van der Waals surface area (Å²) in [6.45, 7) is 5.81. The minimum absolute atomic E-state index is 0.0405. The Kier molecular flexibility index (Phi) is 4.83. The van der Waals surface area contributed by atoms with Crippen molar-refractivity contribution in [2.45, 2.75) is 32.6 Å². The SMILES string of the molecule is CCCc1noc2nc(-c3ccco3)cc(C(=O)N3CC[C@@H]4CNC[C@@H]4CC3)c12. The molecule has 2 saturated heterocycles. The molecule has 3 aromatic heterocycles. The van der Waals surface area contributed by atoms with Gasteiger partial charge in [-0.2, -0.15) is 0 Å². The van der Waals surface area contributed by atoms with Crippen molar-refractivity contribution < 1.29 is 13.7 Å². The number of hydrogen-bond acceptors (Lipinski definition) is 6. The van der Waals surface area contributed by atoms with Crippen molar-refractivity contribution in [2.24, 2.45) is 11.8 Å². The van der Waals surface area contributed by atoms with Crippen molar-refractivity contribution in [3.8, 4) is 11.5 Å². The molecule has 2 aliphatic rings. The normalized spacial score (nSPS) is 22.0. The molecule has 0 aromatic carbocycles. The quantitative estimate of drug-likeness (QED) is 0.729. The largest absolute Gasteiger partial charge is 0.463 e. The molecule has 0 saturated carbocycles. The number of fused-ring (bicyclic) bond motifs is 2. The molecular weight excluding hydrogens is 368 g/mol. The average Bonchev–Trinajstić information content (AvgIpc) is 3.47. The number of nitrogens with one attached hydrogen (secondary N) is 1. The first-order valence-corrected chi connectivity index (χ1v) is 10.6. The molecule has 5 rings (SSSR count). The lowest BCUT2D eigenvalue weighted by atomic mass is 9.92. The number of carbonyl (C=O) groups excluding carboxylic acids is 1. The molecular formula is C22H26N4O3. The summed E-state index contributed by atoms with van der Waals surface area (Å²) in [5.41, 5.74) is 2.43. The first kappa shape index (κ1) is 18.4. The van der Waals surface area contributed by atoms with Crippen LogP contribution in [-0.2, 0) is 6.42 Å². The fourth-order valence-electron chi connectivity index (χ4n) is 4.73.